The Bertz CT molecular complexity index is 989. The lowest BCUT2D eigenvalue weighted by Gasteiger charge is -2.33. The van der Waals surface area contributed by atoms with Gasteiger partial charge in [-0.2, -0.15) is 0 Å². The summed E-state index contributed by atoms with van der Waals surface area (Å²) < 4.78 is 13.9. The molecular weight excluding hydrogens is 346 g/mol. The summed E-state index contributed by atoms with van der Waals surface area (Å²) in [4.78, 5) is 25.3. The highest BCUT2D eigenvalue weighted by Crippen LogP contribution is 2.46. The van der Waals surface area contributed by atoms with E-state index in [9.17, 15) is 4.79 Å². The summed E-state index contributed by atoms with van der Waals surface area (Å²) in [6.45, 7) is 5.84. The lowest BCUT2D eigenvalue weighted by Crippen LogP contribution is -2.42. The van der Waals surface area contributed by atoms with Crippen LogP contribution in [-0.2, 0) is 9.47 Å². The molecule has 0 amide bonds. The van der Waals surface area contributed by atoms with Crippen LogP contribution in [-0.4, -0.2) is 37.2 Å². The normalized spacial score (nSPS) is 27.7. The second kappa shape index (κ2) is 6.31. The third-order valence-corrected chi connectivity index (χ3v) is 5.40. The van der Waals surface area contributed by atoms with E-state index in [2.05, 4.69) is 15.0 Å². The number of nitrogens with zero attached hydrogens (tertiary/aromatic N) is 4. The van der Waals surface area contributed by atoms with E-state index in [1.54, 1.807) is 35.2 Å². The summed E-state index contributed by atoms with van der Waals surface area (Å²) in [5.41, 5.74) is 6.50. The molecule has 27 heavy (non-hydrogen) atoms. The average molecular weight is 367 g/mol. The van der Waals surface area contributed by atoms with Gasteiger partial charge in [-0.15, -0.1) is 0 Å². The van der Waals surface area contributed by atoms with Crippen molar-refractivity contribution in [2.75, 3.05) is 5.73 Å². The van der Waals surface area contributed by atoms with Crippen LogP contribution in [0.5, 0.6) is 0 Å². The van der Waals surface area contributed by atoms with Crippen molar-refractivity contribution in [3.8, 4) is 0 Å². The molecule has 1 aliphatic heterocycles. The maximum Gasteiger partial charge on any atom is 0.338 e. The van der Waals surface area contributed by atoms with Gasteiger partial charge in [0, 0.05) is 5.92 Å². The second-order valence-corrected chi connectivity index (χ2v) is 7.00. The fourth-order valence-electron chi connectivity index (χ4n) is 3.51. The number of hydrogen-bond acceptors (Lipinski definition) is 7. The Hall–Kier alpha value is -3.00. The molecule has 8 nitrogen and oxygen atoms in total. The standard InChI is InChI=1S/C19H21N5O3/c1-11-12(2)26-18(24-10-23-14-15(20)21-9-22-16(14)24)19(11,3)27-17(25)13-7-5-4-6-8-13/h4-12,18H,1-3H3,(H2,20,21,22)/t11-,12?,18-,19-/m1/s1. The highest BCUT2D eigenvalue weighted by Gasteiger charge is 2.54. The number of carbonyl (C=O) groups excluding carboxylic acids is 1. The van der Waals surface area contributed by atoms with Gasteiger partial charge in [0.25, 0.3) is 0 Å². The second-order valence-electron chi connectivity index (χ2n) is 7.00. The van der Waals surface area contributed by atoms with Gasteiger partial charge in [0.15, 0.2) is 23.3 Å². The van der Waals surface area contributed by atoms with Crippen LogP contribution in [0.15, 0.2) is 43.0 Å². The van der Waals surface area contributed by atoms with Crippen molar-refractivity contribution in [2.24, 2.45) is 5.92 Å². The minimum atomic E-state index is -0.917. The molecule has 3 heterocycles. The smallest absolute Gasteiger partial charge is 0.338 e. The molecule has 0 saturated carbocycles. The van der Waals surface area contributed by atoms with E-state index in [0.29, 0.717) is 22.5 Å². The van der Waals surface area contributed by atoms with Crippen molar-refractivity contribution in [1.82, 2.24) is 19.5 Å². The third kappa shape index (κ3) is 2.73. The molecule has 8 heteroatoms. The minimum Gasteiger partial charge on any atom is -0.451 e. The summed E-state index contributed by atoms with van der Waals surface area (Å²) >= 11 is 0. The summed E-state index contributed by atoms with van der Waals surface area (Å²) in [6, 6.07) is 8.91. The minimum absolute atomic E-state index is 0.0493. The Balaban J connectivity index is 1.74. The molecule has 1 saturated heterocycles. The van der Waals surface area contributed by atoms with Gasteiger partial charge in [0.05, 0.1) is 18.0 Å². The van der Waals surface area contributed by atoms with E-state index >= 15 is 0 Å². The molecule has 1 aliphatic rings. The molecular formula is C19H21N5O3. The first kappa shape index (κ1) is 17.4. The Morgan fingerprint density at radius 2 is 1.96 bits per heavy atom. The molecule has 0 bridgehead atoms. The lowest BCUT2D eigenvalue weighted by molar-refractivity contribution is -0.0935. The van der Waals surface area contributed by atoms with Crippen LogP contribution in [0.3, 0.4) is 0 Å². The maximum absolute atomic E-state index is 12.7. The topological polar surface area (TPSA) is 105 Å². The van der Waals surface area contributed by atoms with Crippen molar-refractivity contribution >= 4 is 23.0 Å². The number of rotatable bonds is 3. The molecule has 0 radical (unpaired) electrons. The van der Waals surface area contributed by atoms with Crippen molar-refractivity contribution in [3.63, 3.8) is 0 Å². The quantitative estimate of drug-likeness (QED) is 0.709. The number of nitrogen functional groups attached to an aromatic ring is 1. The number of hydrogen-bond donors (Lipinski definition) is 1. The Kier molecular flexibility index (Phi) is 4.07. The lowest BCUT2D eigenvalue weighted by atomic mass is 9.88. The fourth-order valence-corrected chi connectivity index (χ4v) is 3.51. The molecule has 0 aliphatic carbocycles. The number of aromatic nitrogens is 4. The summed E-state index contributed by atoms with van der Waals surface area (Å²) in [5.74, 6) is -0.154. The van der Waals surface area contributed by atoms with Crippen LogP contribution >= 0.6 is 0 Å². The van der Waals surface area contributed by atoms with Gasteiger partial charge in [-0.3, -0.25) is 4.57 Å². The highest BCUT2D eigenvalue weighted by atomic mass is 16.6. The van der Waals surface area contributed by atoms with Crippen LogP contribution in [0.25, 0.3) is 11.2 Å². The number of nitrogens with two attached hydrogens (primary N) is 1. The number of esters is 1. The average Bonchev–Trinajstić information content (AvgIpc) is 3.18. The third-order valence-electron chi connectivity index (χ3n) is 5.40. The number of benzene rings is 1. The number of fused-ring (bicyclic) bond motifs is 1. The number of carbonyl (C=O) groups is 1. The van der Waals surface area contributed by atoms with Crippen LogP contribution in [0, 0.1) is 5.92 Å². The van der Waals surface area contributed by atoms with Gasteiger partial charge >= 0.3 is 5.97 Å². The van der Waals surface area contributed by atoms with Crippen molar-refractivity contribution in [2.45, 2.75) is 38.7 Å². The first-order valence-electron chi connectivity index (χ1n) is 8.78. The Morgan fingerprint density at radius 1 is 1.22 bits per heavy atom. The van der Waals surface area contributed by atoms with E-state index in [4.69, 9.17) is 15.2 Å². The zero-order valence-electron chi connectivity index (χ0n) is 15.4. The van der Waals surface area contributed by atoms with Crippen molar-refractivity contribution in [1.29, 1.82) is 0 Å². The number of ether oxygens (including phenoxy) is 2. The number of imidazole rings is 1. The van der Waals surface area contributed by atoms with E-state index in [1.165, 1.54) is 6.33 Å². The van der Waals surface area contributed by atoms with Crippen LogP contribution in [0.1, 0.15) is 37.4 Å². The van der Waals surface area contributed by atoms with E-state index in [0.717, 1.165) is 0 Å². The van der Waals surface area contributed by atoms with Gasteiger partial charge in [-0.05, 0) is 26.0 Å². The van der Waals surface area contributed by atoms with Crippen LogP contribution in [0.4, 0.5) is 5.82 Å². The van der Waals surface area contributed by atoms with Gasteiger partial charge in [0.2, 0.25) is 0 Å². The van der Waals surface area contributed by atoms with Crippen LogP contribution < -0.4 is 5.73 Å². The van der Waals surface area contributed by atoms with E-state index in [1.807, 2.05) is 26.8 Å². The largest absolute Gasteiger partial charge is 0.451 e. The molecule has 4 atom stereocenters. The molecule has 1 aromatic carbocycles. The highest BCUT2D eigenvalue weighted by molar-refractivity contribution is 5.89. The predicted octanol–water partition coefficient (Wildman–Crippen LogP) is 2.58. The van der Waals surface area contributed by atoms with E-state index in [-0.39, 0.29) is 12.0 Å². The molecule has 0 spiro atoms. The van der Waals surface area contributed by atoms with Crippen LogP contribution in [0.2, 0.25) is 0 Å². The first-order valence-corrected chi connectivity index (χ1v) is 8.78. The van der Waals surface area contributed by atoms with E-state index < -0.39 is 17.8 Å². The molecule has 3 aromatic rings. The molecule has 4 rings (SSSR count). The van der Waals surface area contributed by atoms with Gasteiger partial charge < -0.3 is 15.2 Å². The molecule has 1 unspecified atom stereocenters. The summed E-state index contributed by atoms with van der Waals surface area (Å²) in [6.07, 6.45) is 2.26. The molecule has 2 aromatic heterocycles. The zero-order chi connectivity index (χ0) is 19.2. The summed E-state index contributed by atoms with van der Waals surface area (Å²) in [7, 11) is 0. The molecule has 140 valence electrons. The Morgan fingerprint density at radius 3 is 2.70 bits per heavy atom. The van der Waals surface area contributed by atoms with Crippen molar-refractivity contribution < 1.29 is 14.3 Å². The van der Waals surface area contributed by atoms with Gasteiger partial charge in [0.1, 0.15) is 11.8 Å². The molecule has 1 fully saturated rings. The Labute approximate surface area is 156 Å². The SMILES string of the molecule is CC1O[C@@H](n2cnc3c(N)ncnc32)[C@](C)(OC(=O)c2ccccc2)[C@@H]1C. The van der Waals surface area contributed by atoms with Gasteiger partial charge in [-0.1, -0.05) is 25.1 Å². The monoisotopic (exact) mass is 367 g/mol. The maximum atomic E-state index is 12.7. The predicted molar refractivity (Wildman–Crippen MR) is 98.7 cm³/mol. The van der Waals surface area contributed by atoms with Gasteiger partial charge in [-0.25, -0.2) is 19.7 Å². The fraction of sp³-hybridized carbons (Fsp3) is 0.368. The zero-order valence-corrected chi connectivity index (χ0v) is 15.4. The summed E-state index contributed by atoms with van der Waals surface area (Å²) in [5, 5.41) is 0. The van der Waals surface area contributed by atoms with Crippen molar-refractivity contribution in [3.05, 3.63) is 48.5 Å². The first-order chi connectivity index (χ1) is 12.9. The number of anilines is 1. The molecule has 2 N–H and O–H groups in total.